The van der Waals surface area contributed by atoms with Gasteiger partial charge in [0.25, 0.3) is 0 Å². The maximum absolute atomic E-state index is 12.1. The predicted octanol–water partition coefficient (Wildman–Crippen LogP) is 1.09. The highest BCUT2D eigenvalue weighted by Gasteiger charge is 2.32. The SMILES string of the molecule is CCNC(=NCC1CN2CCCC2CO1)N1CCCC(C(=O)OCC)C1. The summed E-state index contributed by atoms with van der Waals surface area (Å²) in [6, 6.07) is 0.621. The van der Waals surface area contributed by atoms with Crippen LogP contribution in [0, 0.1) is 5.92 Å². The van der Waals surface area contributed by atoms with Crippen molar-refractivity contribution in [3.8, 4) is 0 Å². The molecule has 3 heterocycles. The first kappa shape index (κ1) is 19.4. The Bertz CT molecular complexity index is 499. The average molecular weight is 367 g/mol. The number of aliphatic imine (C=N–C) groups is 1. The highest BCUT2D eigenvalue weighted by molar-refractivity contribution is 5.81. The van der Waals surface area contributed by atoms with Crippen LogP contribution in [0.4, 0.5) is 0 Å². The monoisotopic (exact) mass is 366 g/mol. The number of rotatable bonds is 5. The van der Waals surface area contributed by atoms with Gasteiger partial charge in [-0.15, -0.1) is 0 Å². The molecule has 3 aliphatic heterocycles. The molecule has 7 nitrogen and oxygen atoms in total. The Labute approximate surface area is 157 Å². The Morgan fingerprint density at radius 2 is 2.08 bits per heavy atom. The second-order valence-electron chi connectivity index (χ2n) is 7.48. The van der Waals surface area contributed by atoms with Crippen molar-refractivity contribution >= 4 is 11.9 Å². The second-order valence-corrected chi connectivity index (χ2v) is 7.48. The summed E-state index contributed by atoms with van der Waals surface area (Å²) in [5.74, 6) is 0.765. The number of nitrogens with one attached hydrogen (secondary N) is 1. The van der Waals surface area contributed by atoms with E-state index in [2.05, 4.69) is 22.0 Å². The summed E-state index contributed by atoms with van der Waals surface area (Å²) in [5, 5.41) is 3.38. The van der Waals surface area contributed by atoms with Gasteiger partial charge < -0.3 is 19.7 Å². The number of morpholine rings is 1. The fraction of sp³-hybridized carbons (Fsp3) is 0.895. The fourth-order valence-corrected chi connectivity index (χ4v) is 4.23. The highest BCUT2D eigenvalue weighted by atomic mass is 16.5. The van der Waals surface area contributed by atoms with Crippen LogP contribution in [-0.2, 0) is 14.3 Å². The molecule has 0 bridgehead atoms. The first-order valence-corrected chi connectivity index (χ1v) is 10.3. The minimum atomic E-state index is -0.0799. The van der Waals surface area contributed by atoms with Crippen LogP contribution in [0.3, 0.4) is 0 Å². The molecule has 3 unspecified atom stereocenters. The van der Waals surface area contributed by atoms with E-state index in [-0.39, 0.29) is 18.0 Å². The molecule has 3 fully saturated rings. The van der Waals surface area contributed by atoms with E-state index in [0.717, 1.165) is 45.0 Å². The first-order chi connectivity index (χ1) is 12.7. The number of esters is 1. The van der Waals surface area contributed by atoms with E-state index >= 15 is 0 Å². The molecule has 26 heavy (non-hydrogen) atoms. The van der Waals surface area contributed by atoms with Crippen LogP contribution in [0.15, 0.2) is 4.99 Å². The Hall–Kier alpha value is -1.34. The lowest BCUT2D eigenvalue weighted by Gasteiger charge is -2.36. The van der Waals surface area contributed by atoms with E-state index in [0.29, 0.717) is 25.7 Å². The number of hydrogen-bond donors (Lipinski definition) is 1. The number of piperidine rings is 1. The molecule has 0 radical (unpaired) electrons. The van der Waals surface area contributed by atoms with Crippen LogP contribution in [0.5, 0.6) is 0 Å². The average Bonchev–Trinajstić information content (AvgIpc) is 3.13. The molecule has 1 N–H and O–H groups in total. The lowest BCUT2D eigenvalue weighted by molar-refractivity contribution is -0.149. The molecule has 0 amide bonds. The van der Waals surface area contributed by atoms with Gasteiger partial charge in [0.05, 0.1) is 31.8 Å². The van der Waals surface area contributed by atoms with E-state index in [1.54, 1.807) is 0 Å². The summed E-state index contributed by atoms with van der Waals surface area (Å²) in [5.41, 5.74) is 0. The van der Waals surface area contributed by atoms with Gasteiger partial charge in [0.1, 0.15) is 0 Å². The Kier molecular flexibility index (Phi) is 7.14. The van der Waals surface area contributed by atoms with E-state index in [4.69, 9.17) is 14.5 Å². The number of ether oxygens (including phenoxy) is 2. The molecule has 0 saturated carbocycles. The lowest BCUT2D eigenvalue weighted by atomic mass is 9.98. The van der Waals surface area contributed by atoms with Crippen LogP contribution in [0.25, 0.3) is 0 Å². The molecule has 0 spiro atoms. The van der Waals surface area contributed by atoms with E-state index in [9.17, 15) is 4.79 Å². The van der Waals surface area contributed by atoms with Crippen molar-refractivity contribution in [3.05, 3.63) is 0 Å². The van der Waals surface area contributed by atoms with E-state index in [1.165, 1.54) is 19.4 Å². The minimum Gasteiger partial charge on any atom is -0.466 e. The van der Waals surface area contributed by atoms with Gasteiger partial charge in [0, 0.05) is 32.2 Å². The molecule has 3 atom stereocenters. The van der Waals surface area contributed by atoms with Crippen LogP contribution < -0.4 is 5.32 Å². The van der Waals surface area contributed by atoms with Crippen molar-refractivity contribution in [2.45, 2.75) is 51.7 Å². The van der Waals surface area contributed by atoms with Crippen molar-refractivity contribution < 1.29 is 14.3 Å². The normalized spacial score (nSPS) is 30.2. The van der Waals surface area contributed by atoms with E-state index in [1.807, 2.05) is 6.92 Å². The molecule has 3 aliphatic rings. The molecule has 0 aliphatic carbocycles. The number of likely N-dealkylation sites (tertiary alicyclic amines) is 1. The molecule has 3 saturated heterocycles. The van der Waals surface area contributed by atoms with Gasteiger partial charge in [-0.3, -0.25) is 14.7 Å². The number of nitrogens with zero attached hydrogens (tertiary/aromatic N) is 3. The number of carbonyl (C=O) groups is 1. The first-order valence-electron chi connectivity index (χ1n) is 10.3. The molecular formula is C19H34N4O3. The Morgan fingerprint density at radius 3 is 2.88 bits per heavy atom. The van der Waals surface area contributed by atoms with Gasteiger partial charge in [-0.25, -0.2) is 0 Å². The van der Waals surface area contributed by atoms with Crippen molar-refractivity contribution in [1.82, 2.24) is 15.1 Å². The van der Waals surface area contributed by atoms with Gasteiger partial charge in [-0.1, -0.05) is 0 Å². The van der Waals surface area contributed by atoms with Crippen LogP contribution in [0.2, 0.25) is 0 Å². The Balaban J connectivity index is 1.57. The fourth-order valence-electron chi connectivity index (χ4n) is 4.23. The number of hydrogen-bond acceptors (Lipinski definition) is 5. The van der Waals surface area contributed by atoms with Crippen LogP contribution >= 0.6 is 0 Å². The zero-order valence-corrected chi connectivity index (χ0v) is 16.3. The third-order valence-electron chi connectivity index (χ3n) is 5.58. The molecule has 0 aromatic heterocycles. The number of guanidine groups is 1. The summed E-state index contributed by atoms with van der Waals surface area (Å²) in [6.07, 6.45) is 4.61. The third-order valence-corrected chi connectivity index (χ3v) is 5.58. The maximum Gasteiger partial charge on any atom is 0.310 e. The molecular weight excluding hydrogens is 332 g/mol. The topological polar surface area (TPSA) is 66.4 Å². The molecule has 0 aromatic carbocycles. The lowest BCUT2D eigenvalue weighted by Crippen LogP contribution is -2.50. The summed E-state index contributed by atoms with van der Waals surface area (Å²) < 4.78 is 11.2. The van der Waals surface area contributed by atoms with Crippen molar-refractivity contribution in [1.29, 1.82) is 0 Å². The van der Waals surface area contributed by atoms with Gasteiger partial charge in [0.2, 0.25) is 0 Å². The van der Waals surface area contributed by atoms with Crippen LogP contribution in [0.1, 0.15) is 39.5 Å². The maximum atomic E-state index is 12.1. The van der Waals surface area contributed by atoms with Gasteiger partial charge >= 0.3 is 5.97 Å². The Morgan fingerprint density at radius 1 is 1.23 bits per heavy atom. The van der Waals surface area contributed by atoms with Crippen molar-refractivity contribution in [3.63, 3.8) is 0 Å². The van der Waals surface area contributed by atoms with Gasteiger partial charge in [-0.05, 0) is 46.1 Å². The van der Waals surface area contributed by atoms with Crippen molar-refractivity contribution in [2.75, 3.05) is 52.5 Å². The standard InChI is InChI=1S/C19H34N4O3/c1-3-20-19(23-10-5-7-15(12-23)18(24)25-4-2)21-11-17-13-22-9-6-8-16(22)14-26-17/h15-17H,3-14H2,1-2H3,(H,20,21). The third kappa shape index (κ3) is 4.88. The van der Waals surface area contributed by atoms with Crippen molar-refractivity contribution in [2.24, 2.45) is 10.9 Å². The number of carbonyl (C=O) groups excluding carboxylic acids is 1. The van der Waals surface area contributed by atoms with Gasteiger partial charge in [0.15, 0.2) is 5.96 Å². The molecule has 148 valence electrons. The number of fused-ring (bicyclic) bond motifs is 1. The zero-order chi connectivity index (χ0) is 18.4. The largest absolute Gasteiger partial charge is 0.466 e. The predicted molar refractivity (Wildman–Crippen MR) is 101 cm³/mol. The molecule has 0 aromatic rings. The summed E-state index contributed by atoms with van der Waals surface area (Å²) >= 11 is 0. The summed E-state index contributed by atoms with van der Waals surface area (Å²) in [6.45, 7) is 10.5. The molecule has 3 rings (SSSR count). The summed E-state index contributed by atoms with van der Waals surface area (Å²) in [4.78, 5) is 21.7. The summed E-state index contributed by atoms with van der Waals surface area (Å²) in [7, 11) is 0. The van der Waals surface area contributed by atoms with Crippen LogP contribution in [-0.4, -0.2) is 86.4 Å². The quantitative estimate of drug-likeness (QED) is 0.446. The second kappa shape index (κ2) is 9.55. The smallest absolute Gasteiger partial charge is 0.310 e. The van der Waals surface area contributed by atoms with E-state index < -0.39 is 0 Å². The zero-order valence-electron chi connectivity index (χ0n) is 16.3. The minimum absolute atomic E-state index is 0.0520. The van der Waals surface area contributed by atoms with Gasteiger partial charge in [-0.2, -0.15) is 0 Å². The highest BCUT2D eigenvalue weighted by Crippen LogP contribution is 2.23. The molecule has 7 heteroatoms.